The fourth-order valence-corrected chi connectivity index (χ4v) is 4.86. The summed E-state index contributed by atoms with van der Waals surface area (Å²) in [6, 6.07) is 6.66. The van der Waals surface area contributed by atoms with Crippen LogP contribution in [0.4, 0.5) is 4.39 Å². The molecule has 148 valence electrons. The fourth-order valence-electron chi connectivity index (χ4n) is 3.78. The molecule has 0 spiro atoms. The van der Waals surface area contributed by atoms with Gasteiger partial charge in [-0.15, -0.1) is 0 Å². The van der Waals surface area contributed by atoms with Crippen molar-refractivity contribution in [2.24, 2.45) is 0 Å². The molecule has 4 rings (SSSR count). The molecule has 1 aliphatic heterocycles. The molecule has 0 radical (unpaired) electrons. The number of halogens is 5. The minimum atomic E-state index is -0.251. The molecule has 1 N–H and O–H groups in total. The number of rotatable bonds is 3. The predicted octanol–water partition coefficient (Wildman–Crippen LogP) is 6.03. The van der Waals surface area contributed by atoms with Crippen LogP contribution in [-0.4, -0.2) is 27.5 Å². The maximum Gasteiger partial charge on any atom is 0.326 e. The normalized spacial score (nSPS) is 16.2. The van der Waals surface area contributed by atoms with Crippen LogP contribution in [0.3, 0.4) is 0 Å². The lowest BCUT2D eigenvalue weighted by atomic mass is 10.0. The average Bonchev–Trinajstić information content (AvgIpc) is 3.01. The third kappa shape index (κ3) is 3.73. The van der Waals surface area contributed by atoms with Gasteiger partial charge in [0, 0.05) is 35.7 Å². The number of hydrogen-bond acceptors (Lipinski definition) is 2. The molecule has 0 atom stereocenters. The van der Waals surface area contributed by atoms with Crippen molar-refractivity contribution in [3.05, 3.63) is 65.7 Å². The molecule has 9 heteroatoms. The second kappa shape index (κ2) is 8.00. The van der Waals surface area contributed by atoms with Crippen molar-refractivity contribution in [1.82, 2.24) is 14.5 Å². The lowest BCUT2D eigenvalue weighted by Gasteiger charge is -2.32. The maximum atomic E-state index is 14.1. The number of likely N-dealkylation sites (tertiary alicyclic amines) is 1. The molecule has 1 aliphatic rings. The molecule has 3 aromatic rings. The second-order valence-electron chi connectivity index (χ2n) is 6.92. The molecule has 28 heavy (non-hydrogen) atoms. The molecule has 4 nitrogen and oxygen atoms in total. The third-order valence-corrected chi connectivity index (χ3v) is 6.74. The molecule has 0 amide bonds. The van der Waals surface area contributed by atoms with Crippen LogP contribution in [0.25, 0.3) is 11.0 Å². The summed E-state index contributed by atoms with van der Waals surface area (Å²) < 4.78 is 16.5. The molecule has 2 aromatic carbocycles. The first-order valence-electron chi connectivity index (χ1n) is 8.79. The van der Waals surface area contributed by atoms with Gasteiger partial charge >= 0.3 is 5.69 Å². The summed E-state index contributed by atoms with van der Waals surface area (Å²) in [5.74, 6) is -0.220. The quantitative estimate of drug-likeness (QED) is 0.440. The molecule has 0 saturated carbocycles. The van der Waals surface area contributed by atoms with Gasteiger partial charge in [-0.05, 0) is 31.0 Å². The lowest BCUT2D eigenvalue weighted by Crippen LogP contribution is -2.36. The Hall–Kier alpha value is -1.05. The van der Waals surface area contributed by atoms with E-state index in [0.717, 1.165) is 30.4 Å². The molecule has 1 fully saturated rings. The summed E-state index contributed by atoms with van der Waals surface area (Å²) in [4.78, 5) is 17.5. The van der Waals surface area contributed by atoms with E-state index in [0.29, 0.717) is 38.2 Å². The minimum absolute atomic E-state index is 0.0120. The Labute approximate surface area is 184 Å². The molecule has 1 aromatic heterocycles. The molecule has 0 unspecified atom stereocenters. The van der Waals surface area contributed by atoms with E-state index in [1.807, 2.05) is 6.07 Å². The van der Waals surface area contributed by atoms with Crippen LogP contribution < -0.4 is 5.69 Å². The Morgan fingerprint density at radius 1 is 1.14 bits per heavy atom. The number of hydrogen-bond donors (Lipinski definition) is 1. The van der Waals surface area contributed by atoms with E-state index in [1.165, 1.54) is 6.07 Å². The average molecular weight is 508 g/mol. The number of aromatic amines is 1. The van der Waals surface area contributed by atoms with E-state index >= 15 is 0 Å². The topological polar surface area (TPSA) is 41.0 Å². The molecular formula is C19H16BrCl3FN3O. The van der Waals surface area contributed by atoms with Gasteiger partial charge < -0.3 is 4.98 Å². The first-order chi connectivity index (χ1) is 13.3. The molecule has 2 heterocycles. The molecule has 1 saturated heterocycles. The maximum absolute atomic E-state index is 14.1. The molecule has 0 aliphatic carbocycles. The van der Waals surface area contributed by atoms with Crippen LogP contribution in [0.2, 0.25) is 15.1 Å². The molecule has 0 bridgehead atoms. The van der Waals surface area contributed by atoms with Crippen molar-refractivity contribution >= 4 is 61.8 Å². The summed E-state index contributed by atoms with van der Waals surface area (Å²) in [5, 5.41) is 0.987. The number of nitrogens with zero attached hydrogens (tertiary/aromatic N) is 2. The van der Waals surface area contributed by atoms with E-state index in [1.54, 1.807) is 16.7 Å². The summed E-state index contributed by atoms with van der Waals surface area (Å²) in [7, 11) is 0. The van der Waals surface area contributed by atoms with Crippen LogP contribution in [0.5, 0.6) is 0 Å². The zero-order chi connectivity index (χ0) is 20.0. The smallest absolute Gasteiger partial charge is 0.304 e. The van der Waals surface area contributed by atoms with Gasteiger partial charge in [-0.3, -0.25) is 9.47 Å². The van der Waals surface area contributed by atoms with Gasteiger partial charge in [0.2, 0.25) is 0 Å². The highest BCUT2D eigenvalue weighted by Gasteiger charge is 2.26. The van der Waals surface area contributed by atoms with Crippen LogP contribution >= 0.6 is 50.7 Å². The van der Waals surface area contributed by atoms with E-state index in [4.69, 9.17) is 34.8 Å². The number of benzene rings is 2. The van der Waals surface area contributed by atoms with Gasteiger partial charge in [0.25, 0.3) is 0 Å². The van der Waals surface area contributed by atoms with Crippen molar-refractivity contribution < 1.29 is 4.39 Å². The standard InChI is InChI=1S/C19H16BrCl3FN3O/c20-11-2-1-10(15(24)7-11)9-26-5-3-12(4-6-26)27-18-14(22)8-13(21)16(23)17(18)25-19(27)28/h1-2,7-8,12H,3-6,9H2,(H,25,28). The van der Waals surface area contributed by atoms with Gasteiger partial charge in [0.1, 0.15) is 5.82 Å². The van der Waals surface area contributed by atoms with Crippen molar-refractivity contribution in [3.8, 4) is 0 Å². The summed E-state index contributed by atoms with van der Waals surface area (Å²) in [6.45, 7) is 2.03. The van der Waals surface area contributed by atoms with Crippen molar-refractivity contribution in [3.63, 3.8) is 0 Å². The number of aromatic nitrogens is 2. The van der Waals surface area contributed by atoms with E-state index < -0.39 is 0 Å². The number of H-pyrrole nitrogens is 1. The Kier molecular flexibility index (Phi) is 5.78. The predicted molar refractivity (Wildman–Crippen MR) is 115 cm³/mol. The van der Waals surface area contributed by atoms with Crippen molar-refractivity contribution in [2.75, 3.05) is 13.1 Å². The monoisotopic (exact) mass is 505 g/mol. The highest BCUT2D eigenvalue weighted by molar-refractivity contribution is 9.10. The summed E-state index contributed by atoms with van der Waals surface area (Å²) >= 11 is 21.9. The Morgan fingerprint density at radius 2 is 1.86 bits per heavy atom. The van der Waals surface area contributed by atoms with Gasteiger partial charge in [-0.2, -0.15) is 0 Å². The second-order valence-corrected chi connectivity index (χ2v) is 9.03. The number of imidazole rings is 1. The first kappa shape index (κ1) is 20.2. The van der Waals surface area contributed by atoms with E-state index in [9.17, 15) is 9.18 Å². The van der Waals surface area contributed by atoms with Crippen molar-refractivity contribution in [1.29, 1.82) is 0 Å². The Morgan fingerprint density at radius 3 is 2.54 bits per heavy atom. The summed E-state index contributed by atoms with van der Waals surface area (Å²) in [5.41, 5.74) is 1.45. The minimum Gasteiger partial charge on any atom is -0.304 e. The van der Waals surface area contributed by atoms with Crippen LogP contribution in [0, 0.1) is 5.82 Å². The third-order valence-electron chi connectivity index (χ3n) is 5.17. The zero-order valence-corrected chi connectivity index (χ0v) is 18.5. The number of nitrogens with one attached hydrogen (secondary N) is 1. The SMILES string of the molecule is O=c1[nH]c2c(Cl)c(Cl)cc(Cl)c2n1C1CCN(Cc2ccc(Br)cc2F)CC1. The van der Waals surface area contributed by atoms with Crippen LogP contribution in [0.15, 0.2) is 33.5 Å². The van der Waals surface area contributed by atoms with Crippen LogP contribution in [0.1, 0.15) is 24.4 Å². The number of piperidine rings is 1. The molecular weight excluding hydrogens is 491 g/mol. The Bertz CT molecular complexity index is 1110. The number of fused-ring (bicyclic) bond motifs is 1. The zero-order valence-electron chi connectivity index (χ0n) is 14.6. The highest BCUT2D eigenvalue weighted by Crippen LogP contribution is 2.36. The van der Waals surface area contributed by atoms with Crippen LogP contribution in [-0.2, 0) is 6.54 Å². The van der Waals surface area contributed by atoms with E-state index in [-0.39, 0.29) is 17.5 Å². The van der Waals surface area contributed by atoms with Gasteiger partial charge in [-0.1, -0.05) is 56.8 Å². The van der Waals surface area contributed by atoms with Gasteiger partial charge in [0.05, 0.1) is 26.1 Å². The van der Waals surface area contributed by atoms with E-state index in [2.05, 4.69) is 25.8 Å². The lowest BCUT2D eigenvalue weighted by molar-refractivity contribution is 0.178. The van der Waals surface area contributed by atoms with Gasteiger partial charge in [0.15, 0.2) is 0 Å². The van der Waals surface area contributed by atoms with Crippen molar-refractivity contribution in [2.45, 2.75) is 25.4 Å². The highest BCUT2D eigenvalue weighted by atomic mass is 79.9. The fraction of sp³-hybridized carbons (Fsp3) is 0.316. The summed E-state index contributed by atoms with van der Waals surface area (Å²) in [6.07, 6.45) is 1.50. The van der Waals surface area contributed by atoms with Gasteiger partial charge in [-0.25, -0.2) is 9.18 Å². The Balaban J connectivity index is 1.55. The first-order valence-corrected chi connectivity index (χ1v) is 10.7. The largest absolute Gasteiger partial charge is 0.326 e.